The number of nitrogens with one attached hydrogen (secondary N) is 2. The fourth-order valence-electron chi connectivity index (χ4n) is 2.09. The smallest absolute Gasteiger partial charge is 0.287 e. The van der Waals surface area contributed by atoms with Crippen molar-refractivity contribution in [1.82, 2.24) is 10.0 Å². The van der Waals surface area contributed by atoms with Crippen LogP contribution < -0.4 is 10.0 Å². The molecule has 0 saturated carbocycles. The zero-order valence-electron chi connectivity index (χ0n) is 14.0. The number of sulfonamides is 1. The standard InChI is InChI=1S/C17H22N2O5S/c1-18-25(21,22)16-9-8-15(24-16)17(20)19-11-5-12-23-13-10-14-6-3-2-4-7-14/h2-4,6-9,18H,5,10-13H2,1H3,(H,19,20). The normalized spacial score (nSPS) is 11.4. The van der Waals surface area contributed by atoms with Gasteiger partial charge >= 0.3 is 0 Å². The fraction of sp³-hybridized carbons (Fsp3) is 0.353. The van der Waals surface area contributed by atoms with Crippen LogP contribution in [0, 0.1) is 0 Å². The minimum atomic E-state index is -3.69. The van der Waals surface area contributed by atoms with Gasteiger partial charge in [-0.25, -0.2) is 13.1 Å². The van der Waals surface area contributed by atoms with Crippen molar-refractivity contribution >= 4 is 15.9 Å². The van der Waals surface area contributed by atoms with Gasteiger partial charge in [0.2, 0.25) is 5.09 Å². The molecule has 25 heavy (non-hydrogen) atoms. The number of carbonyl (C=O) groups excluding carboxylic acids is 1. The van der Waals surface area contributed by atoms with E-state index in [1.54, 1.807) is 0 Å². The van der Waals surface area contributed by atoms with Crippen LogP contribution in [-0.4, -0.2) is 41.1 Å². The van der Waals surface area contributed by atoms with Crippen molar-refractivity contribution in [2.24, 2.45) is 0 Å². The molecule has 2 N–H and O–H groups in total. The molecular formula is C17H22N2O5S. The number of hydrogen-bond acceptors (Lipinski definition) is 5. The molecular weight excluding hydrogens is 344 g/mol. The summed E-state index contributed by atoms with van der Waals surface area (Å²) in [4.78, 5) is 11.9. The van der Waals surface area contributed by atoms with Crippen LogP contribution in [0.4, 0.5) is 0 Å². The van der Waals surface area contributed by atoms with Crippen molar-refractivity contribution in [2.45, 2.75) is 17.9 Å². The zero-order valence-corrected chi connectivity index (χ0v) is 14.8. The number of ether oxygens (including phenoxy) is 1. The summed E-state index contributed by atoms with van der Waals surface area (Å²) in [5.74, 6) is -0.499. The molecule has 0 bridgehead atoms. The fourth-order valence-corrected chi connectivity index (χ4v) is 2.74. The summed E-state index contributed by atoms with van der Waals surface area (Å²) in [6.07, 6.45) is 1.51. The molecule has 0 radical (unpaired) electrons. The molecule has 0 aliphatic carbocycles. The maximum Gasteiger partial charge on any atom is 0.287 e. The zero-order chi connectivity index (χ0) is 18.1. The first kappa shape index (κ1) is 19.2. The number of furan rings is 1. The first-order valence-corrected chi connectivity index (χ1v) is 9.44. The first-order valence-electron chi connectivity index (χ1n) is 7.96. The van der Waals surface area contributed by atoms with Gasteiger partial charge in [0.05, 0.1) is 6.61 Å². The van der Waals surface area contributed by atoms with Crippen molar-refractivity contribution in [3.63, 3.8) is 0 Å². The largest absolute Gasteiger partial charge is 0.438 e. The Bertz CT molecular complexity index is 771. The number of benzene rings is 1. The van der Waals surface area contributed by atoms with E-state index in [2.05, 4.69) is 22.2 Å². The predicted molar refractivity (Wildman–Crippen MR) is 92.9 cm³/mol. The van der Waals surface area contributed by atoms with Crippen molar-refractivity contribution in [3.05, 3.63) is 53.8 Å². The van der Waals surface area contributed by atoms with Gasteiger partial charge in [0.1, 0.15) is 0 Å². The minimum absolute atomic E-state index is 0.0428. The Hall–Kier alpha value is -2.16. The molecule has 1 aromatic carbocycles. The van der Waals surface area contributed by atoms with E-state index in [1.165, 1.54) is 24.7 Å². The second kappa shape index (κ2) is 9.36. The molecule has 2 aromatic rings. The molecule has 0 unspecified atom stereocenters. The molecule has 0 saturated heterocycles. The van der Waals surface area contributed by atoms with E-state index in [-0.39, 0.29) is 10.9 Å². The third-order valence-electron chi connectivity index (χ3n) is 3.47. The van der Waals surface area contributed by atoms with Crippen LogP contribution >= 0.6 is 0 Å². The van der Waals surface area contributed by atoms with Gasteiger partial charge in [0.25, 0.3) is 15.9 Å². The number of rotatable bonds is 10. The highest BCUT2D eigenvalue weighted by molar-refractivity contribution is 7.89. The van der Waals surface area contributed by atoms with E-state index in [4.69, 9.17) is 9.15 Å². The lowest BCUT2D eigenvalue weighted by atomic mass is 10.2. The van der Waals surface area contributed by atoms with Gasteiger partial charge in [-0.05, 0) is 37.6 Å². The molecule has 136 valence electrons. The summed E-state index contributed by atoms with van der Waals surface area (Å²) in [5.41, 5.74) is 1.22. The Kier molecular flexibility index (Phi) is 7.17. The summed E-state index contributed by atoms with van der Waals surface area (Å²) < 4.78 is 35.8. The summed E-state index contributed by atoms with van der Waals surface area (Å²) >= 11 is 0. The molecule has 0 atom stereocenters. The monoisotopic (exact) mass is 366 g/mol. The lowest BCUT2D eigenvalue weighted by molar-refractivity contribution is 0.0909. The summed E-state index contributed by atoms with van der Waals surface area (Å²) in [6, 6.07) is 12.6. The molecule has 0 aliphatic rings. The number of amides is 1. The van der Waals surface area contributed by atoms with Crippen molar-refractivity contribution in [1.29, 1.82) is 0 Å². The molecule has 1 aromatic heterocycles. The van der Waals surface area contributed by atoms with Crippen LogP contribution in [0.3, 0.4) is 0 Å². The summed E-state index contributed by atoms with van der Waals surface area (Å²) in [7, 11) is -2.41. The van der Waals surface area contributed by atoms with Gasteiger partial charge in [0, 0.05) is 13.2 Å². The van der Waals surface area contributed by atoms with E-state index in [0.717, 1.165) is 6.42 Å². The van der Waals surface area contributed by atoms with Gasteiger partial charge in [-0.3, -0.25) is 4.79 Å². The Morgan fingerprint density at radius 3 is 2.60 bits per heavy atom. The molecule has 1 amide bonds. The van der Waals surface area contributed by atoms with Gasteiger partial charge in [0.15, 0.2) is 5.76 Å². The Morgan fingerprint density at radius 2 is 1.88 bits per heavy atom. The van der Waals surface area contributed by atoms with Crippen LogP contribution in [-0.2, 0) is 21.2 Å². The SMILES string of the molecule is CNS(=O)(=O)c1ccc(C(=O)NCCCOCCc2ccccc2)o1. The molecule has 0 aliphatic heterocycles. The highest BCUT2D eigenvalue weighted by Crippen LogP contribution is 2.13. The van der Waals surface area contributed by atoms with Gasteiger partial charge in [-0.2, -0.15) is 0 Å². The lowest BCUT2D eigenvalue weighted by Crippen LogP contribution is -2.25. The maximum atomic E-state index is 11.9. The number of hydrogen-bond donors (Lipinski definition) is 2. The summed E-state index contributed by atoms with van der Waals surface area (Å²) in [5, 5.41) is 2.37. The van der Waals surface area contributed by atoms with Crippen LogP contribution in [0.15, 0.2) is 52.0 Å². The van der Waals surface area contributed by atoms with Crippen molar-refractivity contribution in [2.75, 3.05) is 26.8 Å². The van der Waals surface area contributed by atoms with E-state index in [9.17, 15) is 13.2 Å². The molecule has 7 nitrogen and oxygen atoms in total. The average Bonchev–Trinajstić information content (AvgIpc) is 3.13. The lowest BCUT2D eigenvalue weighted by Gasteiger charge is -2.05. The Balaban J connectivity index is 1.62. The van der Waals surface area contributed by atoms with E-state index in [1.807, 2.05) is 18.2 Å². The Morgan fingerprint density at radius 1 is 1.12 bits per heavy atom. The highest BCUT2D eigenvalue weighted by Gasteiger charge is 2.19. The molecule has 0 fully saturated rings. The molecule has 1 heterocycles. The van der Waals surface area contributed by atoms with Crippen molar-refractivity contribution in [3.8, 4) is 0 Å². The van der Waals surface area contributed by atoms with E-state index < -0.39 is 15.9 Å². The topological polar surface area (TPSA) is 97.6 Å². The Labute approximate surface area is 147 Å². The van der Waals surface area contributed by atoms with E-state index >= 15 is 0 Å². The second-order valence-corrected chi connectivity index (χ2v) is 7.10. The number of carbonyl (C=O) groups is 1. The first-order chi connectivity index (χ1) is 12.0. The van der Waals surface area contributed by atoms with Crippen LogP contribution in [0.5, 0.6) is 0 Å². The third-order valence-corrected chi connectivity index (χ3v) is 4.75. The predicted octanol–water partition coefficient (Wildman–Crippen LogP) is 1.57. The molecule has 8 heteroatoms. The van der Waals surface area contributed by atoms with Gasteiger partial charge < -0.3 is 14.5 Å². The van der Waals surface area contributed by atoms with Crippen LogP contribution in [0.25, 0.3) is 0 Å². The van der Waals surface area contributed by atoms with Crippen molar-refractivity contribution < 1.29 is 22.4 Å². The molecule has 0 spiro atoms. The second-order valence-electron chi connectivity index (χ2n) is 5.28. The quantitative estimate of drug-likeness (QED) is 0.622. The average molecular weight is 366 g/mol. The molecule has 2 rings (SSSR count). The van der Waals surface area contributed by atoms with Crippen LogP contribution in [0.1, 0.15) is 22.5 Å². The van der Waals surface area contributed by atoms with E-state index in [0.29, 0.717) is 26.2 Å². The third kappa shape index (κ3) is 6.00. The minimum Gasteiger partial charge on any atom is -0.438 e. The summed E-state index contributed by atoms with van der Waals surface area (Å²) in [6.45, 7) is 1.57. The van der Waals surface area contributed by atoms with Gasteiger partial charge in [-0.15, -0.1) is 0 Å². The highest BCUT2D eigenvalue weighted by atomic mass is 32.2. The van der Waals surface area contributed by atoms with Gasteiger partial charge in [-0.1, -0.05) is 30.3 Å². The maximum absolute atomic E-state index is 11.9. The van der Waals surface area contributed by atoms with Crippen LogP contribution in [0.2, 0.25) is 0 Å².